The number of rotatable bonds is 4. The minimum Gasteiger partial charge on any atom is -0.414 e. The average Bonchev–Trinajstić information content (AvgIpc) is 3.41. The third kappa shape index (κ3) is 3.42. The zero-order valence-corrected chi connectivity index (χ0v) is 16.4. The fourth-order valence-corrected chi connectivity index (χ4v) is 3.88. The lowest BCUT2D eigenvalue weighted by Gasteiger charge is -2.33. The molecule has 0 spiro atoms. The van der Waals surface area contributed by atoms with Gasteiger partial charge in [0.15, 0.2) is 0 Å². The largest absolute Gasteiger partial charge is 0.414 e. The molecule has 152 valence electrons. The summed E-state index contributed by atoms with van der Waals surface area (Å²) >= 11 is 0. The van der Waals surface area contributed by atoms with Crippen molar-refractivity contribution in [3.63, 3.8) is 0 Å². The number of piperidine rings is 1. The van der Waals surface area contributed by atoms with E-state index in [0.717, 1.165) is 42.5 Å². The molecule has 1 fully saturated rings. The van der Waals surface area contributed by atoms with Gasteiger partial charge in [-0.1, -0.05) is 30.3 Å². The smallest absolute Gasteiger partial charge is 0.311 e. The summed E-state index contributed by atoms with van der Waals surface area (Å²) in [7, 11) is 0. The second-order valence-electron chi connectivity index (χ2n) is 7.44. The number of carbonyl (C=O) groups excluding carboxylic acids is 1. The molecule has 0 unspecified atom stereocenters. The fourth-order valence-electron chi connectivity index (χ4n) is 3.88. The van der Waals surface area contributed by atoms with E-state index in [1.165, 1.54) is 6.20 Å². The van der Waals surface area contributed by atoms with Crippen molar-refractivity contribution in [1.82, 2.24) is 14.8 Å². The van der Waals surface area contributed by atoms with Crippen molar-refractivity contribution in [2.45, 2.75) is 18.9 Å². The molecule has 30 heavy (non-hydrogen) atoms. The predicted octanol–water partition coefficient (Wildman–Crippen LogP) is 3.19. The fraction of sp³-hybridized carbons (Fsp3) is 0.227. The number of fused-ring (bicyclic) bond motifs is 1. The number of hydrogen-bond acceptors (Lipinski definition) is 6. The quantitative estimate of drug-likeness (QED) is 0.543. The van der Waals surface area contributed by atoms with E-state index in [4.69, 9.17) is 10.2 Å². The summed E-state index contributed by atoms with van der Waals surface area (Å²) in [5, 5.41) is 8.24. The number of carbonyl (C=O) groups is 1. The van der Waals surface area contributed by atoms with Gasteiger partial charge in [-0.05, 0) is 31.0 Å². The van der Waals surface area contributed by atoms with Gasteiger partial charge in [-0.3, -0.25) is 4.79 Å². The van der Waals surface area contributed by atoms with E-state index in [0.29, 0.717) is 11.6 Å². The number of oxazole rings is 1. The molecule has 3 heterocycles. The van der Waals surface area contributed by atoms with E-state index in [-0.39, 0.29) is 11.9 Å². The molecule has 0 aliphatic carbocycles. The van der Waals surface area contributed by atoms with E-state index in [1.54, 1.807) is 10.9 Å². The number of nitrogens with zero attached hydrogens (tertiary/aromatic N) is 4. The first-order valence-electron chi connectivity index (χ1n) is 9.99. The Morgan fingerprint density at radius 2 is 1.97 bits per heavy atom. The van der Waals surface area contributed by atoms with E-state index in [2.05, 4.69) is 20.3 Å². The van der Waals surface area contributed by atoms with Crippen molar-refractivity contribution >= 4 is 28.2 Å². The lowest BCUT2D eigenvalue weighted by molar-refractivity contribution is 0.0990. The van der Waals surface area contributed by atoms with Gasteiger partial charge >= 0.3 is 5.91 Å². The first-order valence-corrected chi connectivity index (χ1v) is 9.99. The molecule has 0 saturated carbocycles. The summed E-state index contributed by atoms with van der Waals surface area (Å²) in [4.78, 5) is 19.2. The second kappa shape index (κ2) is 7.64. The molecule has 1 saturated heterocycles. The third-order valence-electron chi connectivity index (χ3n) is 5.32. The standard InChI is InChI=1S/C22H22N6O2/c23-16-7-5-11-27(14-16)19-10-4-2-8-17(19)26-21(29)22-24-13-20(30-22)28-18-9-3-1-6-15(18)12-25-28/h1-4,6,8-10,12-13,16H,5,7,11,14,23H2,(H,26,29)/t16-/m0/s1. The molecule has 5 rings (SSSR count). The first kappa shape index (κ1) is 18.4. The number of aromatic nitrogens is 3. The summed E-state index contributed by atoms with van der Waals surface area (Å²) in [6.07, 6.45) is 5.30. The number of anilines is 2. The van der Waals surface area contributed by atoms with Crippen molar-refractivity contribution in [3.8, 4) is 5.88 Å². The van der Waals surface area contributed by atoms with Crippen molar-refractivity contribution in [2.24, 2.45) is 5.73 Å². The zero-order chi connectivity index (χ0) is 20.5. The Kier molecular flexibility index (Phi) is 4.68. The number of benzene rings is 2. The van der Waals surface area contributed by atoms with Crippen LogP contribution in [-0.4, -0.2) is 39.8 Å². The molecular weight excluding hydrogens is 380 g/mol. The molecule has 8 nitrogen and oxygen atoms in total. The van der Waals surface area contributed by atoms with E-state index in [1.807, 2.05) is 48.5 Å². The maximum atomic E-state index is 12.8. The Morgan fingerprint density at radius 3 is 2.87 bits per heavy atom. The average molecular weight is 402 g/mol. The molecule has 8 heteroatoms. The van der Waals surface area contributed by atoms with Crippen LogP contribution in [0.4, 0.5) is 11.4 Å². The molecule has 1 aliphatic heterocycles. The molecule has 1 atom stereocenters. The van der Waals surface area contributed by atoms with Crippen LogP contribution in [-0.2, 0) is 0 Å². The van der Waals surface area contributed by atoms with Crippen LogP contribution >= 0.6 is 0 Å². The molecule has 1 aliphatic rings. The van der Waals surface area contributed by atoms with Gasteiger partial charge in [0.25, 0.3) is 5.89 Å². The van der Waals surface area contributed by atoms with Gasteiger partial charge in [0.2, 0.25) is 5.88 Å². The maximum Gasteiger partial charge on any atom is 0.311 e. The Balaban J connectivity index is 1.38. The SMILES string of the molecule is N[C@H]1CCCN(c2ccccc2NC(=O)c2ncc(-n3ncc4ccccc43)o2)C1. The zero-order valence-electron chi connectivity index (χ0n) is 16.4. The van der Waals surface area contributed by atoms with Gasteiger partial charge in [-0.15, -0.1) is 0 Å². The van der Waals surface area contributed by atoms with Gasteiger partial charge in [0, 0.05) is 24.5 Å². The summed E-state index contributed by atoms with van der Waals surface area (Å²) in [6, 6.07) is 15.6. The van der Waals surface area contributed by atoms with Crippen molar-refractivity contribution in [3.05, 3.63) is 66.8 Å². The Hall–Kier alpha value is -3.65. The van der Waals surface area contributed by atoms with Crippen molar-refractivity contribution < 1.29 is 9.21 Å². The number of para-hydroxylation sites is 3. The summed E-state index contributed by atoms with van der Waals surface area (Å²) in [6.45, 7) is 1.68. The number of nitrogens with one attached hydrogen (secondary N) is 1. The lowest BCUT2D eigenvalue weighted by Crippen LogP contribution is -2.43. The molecule has 4 aromatic rings. The minimum absolute atomic E-state index is 0.0188. The van der Waals surface area contributed by atoms with Crippen LogP contribution in [0.2, 0.25) is 0 Å². The highest BCUT2D eigenvalue weighted by molar-refractivity contribution is 6.03. The van der Waals surface area contributed by atoms with Crippen LogP contribution in [0, 0.1) is 0 Å². The van der Waals surface area contributed by atoms with Crippen LogP contribution in [0.5, 0.6) is 0 Å². The van der Waals surface area contributed by atoms with Crippen LogP contribution in [0.1, 0.15) is 23.5 Å². The van der Waals surface area contributed by atoms with Gasteiger partial charge in [0.1, 0.15) is 0 Å². The highest BCUT2D eigenvalue weighted by atomic mass is 16.4. The molecule has 0 bridgehead atoms. The highest BCUT2D eigenvalue weighted by Crippen LogP contribution is 2.28. The number of amides is 1. The molecular formula is C22H22N6O2. The Bertz CT molecular complexity index is 1200. The maximum absolute atomic E-state index is 12.8. The number of nitrogens with two attached hydrogens (primary N) is 1. The predicted molar refractivity (Wildman–Crippen MR) is 115 cm³/mol. The van der Waals surface area contributed by atoms with Gasteiger partial charge in [-0.25, -0.2) is 4.98 Å². The van der Waals surface area contributed by atoms with E-state index >= 15 is 0 Å². The molecule has 2 aromatic heterocycles. The monoisotopic (exact) mass is 402 g/mol. The lowest BCUT2D eigenvalue weighted by atomic mass is 10.1. The molecule has 3 N–H and O–H groups in total. The Labute approximate surface area is 173 Å². The second-order valence-corrected chi connectivity index (χ2v) is 7.44. The topological polar surface area (TPSA) is 102 Å². The normalized spacial score (nSPS) is 16.7. The minimum atomic E-state index is -0.411. The van der Waals surface area contributed by atoms with Crippen molar-refractivity contribution in [2.75, 3.05) is 23.3 Å². The van der Waals surface area contributed by atoms with Crippen LogP contribution in [0.3, 0.4) is 0 Å². The third-order valence-corrected chi connectivity index (χ3v) is 5.32. The molecule has 2 aromatic carbocycles. The van der Waals surface area contributed by atoms with Gasteiger partial charge in [-0.2, -0.15) is 9.78 Å². The van der Waals surface area contributed by atoms with Crippen LogP contribution in [0.25, 0.3) is 16.8 Å². The number of hydrogen-bond donors (Lipinski definition) is 2. The first-order chi connectivity index (χ1) is 14.7. The molecule has 0 radical (unpaired) electrons. The van der Waals surface area contributed by atoms with Gasteiger partial charge < -0.3 is 20.4 Å². The highest BCUT2D eigenvalue weighted by Gasteiger charge is 2.21. The summed E-state index contributed by atoms with van der Waals surface area (Å²) < 4.78 is 7.34. The Morgan fingerprint density at radius 1 is 1.13 bits per heavy atom. The van der Waals surface area contributed by atoms with Crippen molar-refractivity contribution in [1.29, 1.82) is 0 Å². The van der Waals surface area contributed by atoms with E-state index in [9.17, 15) is 4.79 Å². The molecule has 1 amide bonds. The van der Waals surface area contributed by atoms with Gasteiger partial charge in [0.05, 0.1) is 29.3 Å². The van der Waals surface area contributed by atoms with Crippen LogP contribution < -0.4 is 16.0 Å². The van der Waals surface area contributed by atoms with Crippen LogP contribution in [0.15, 0.2) is 65.3 Å². The van der Waals surface area contributed by atoms with E-state index < -0.39 is 5.91 Å². The summed E-state index contributed by atoms with van der Waals surface area (Å²) in [5.74, 6) is -0.0437. The summed E-state index contributed by atoms with van der Waals surface area (Å²) in [5.41, 5.74) is 8.67.